The van der Waals surface area contributed by atoms with Crippen LogP contribution >= 0.6 is 0 Å². The van der Waals surface area contributed by atoms with Gasteiger partial charge in [-0.05, 0) is 24.5 Å². The van der Waals surface area contributed by atoms with Crippen molar-refractivity contribution in [1.29, 1.82) is 0 Å². The molecule has 0 unspecified atom stereocenters. The first-order valence-corrected chi connectivity index (χ1v) is 9.39. The second-order valence-corrected chi connectivity index (χ2v) is 7.13. The molecule has 3 heterocycles. The van der Waals surface area contributed by atoms with E-state index in [-0.39, 0.29) is 17.4 Å². The number of hydrogen-bond acceptors (Lipinski definition) is 5. The smallest absolute Gasteiger partial charge is 0.268 e. The maximum absolute atomic E-state index is 13.0. The number of rotatable bonds is 2. The number of aromatic nitrogens is 2. The molecular weight excluding hydrogens is 344 g/mol. The number of piperazine rings is 1. The predicted octanol–water partition coefficient (Wildman–Crippen LogP) is 1.07. The first-order chi connectivity index (χ1) is 13.1. The van der Waals surface area contributed by atoms with E-state index >= 15 is 0 Å². The highest BCUT2D eigenvalue weighted by Gasteiger charge is 2.30. The van der Waals surface area contributed by atoms with Crippen LogP contribution < -0.4 is 15.2 Å². The van der Waals surface area contributed by atoms with Crippen molar-refractivity contribution in [1.82, 2.24) is 14.7 Å². The molecule has 0 saturated carbocycles. The lowest BCUT2D eigenvalue weighted by atomic mass is 9.95. The van der Waals surface area contributed by atoms with Crippen LogP contribution in [0.2, 0.25) is 0 Å². The van der Waals surface area contributed by atoms with Gasteiger partial charge in [0, 0.05) is 45.2 Å². The number of anilines is 1. The lowest BCUT2D eigenvalue weighted by Crippen LogP contribution is -2.51. The van der Waals surface area contributed by atoms with E-state index in [2.05, 4.69) is 10.00 Å². The van der Waals surface area contributed by atoms with E-state index in [4.69, 9.17) is 4.74 Å². The normalized spacial score (nSPS) is 19.8. The van der Waals surface area contributed by atoms with Gasteiger partial charge < -0.3 is 14.5 Å². The summed E-state index contributed by atoms with van der Waals surface area (Å²) < 4.78 is 7.11. The molecule has 27 heavy (non-hydrogen) atoms. The first-order valence-electron chi connectivity index (χ1n) is 9.39. The molecule has 0 spiro atoms. The molecule has 4 rings (SSSR count). The second kappa shape index (κ2) is 7.42. The zero-order valence-corrected chi connectivity index (χ0v) is 15.5. The number of ether oxygens (including phenoxy) is 1. The minimum atomic E-state index is -0.122. The van der Waals surface area contributed by atoms with Gasteiger partial charge in [0.1, 0.15) is 5.75 Å². The van der Waals surface area contributed by atoms with E-state index in [1.54, 1.807) is 19.3 Å². The summed E-state index contributed by atoms with van der Waals surface area (Å²) in [6, 6.07) is 9.57. The van der Waals surface area contributed by atoms with E-state index in [0.29, 0.717) is 32.8 Å². The van der Waals surface area contributed by atoms with Gasteiger partial charge in [0.05, 0.1) is 18.5 Å². The Labute approximate surface area is 158 Å². The van der Waals surface area contributed by atoms with E-state index in [1.165, 1.54) is 4.68 Å². The van der Waals surface area contributed by atoms with E-state index in [0.717, 1.165) is 29.8 Å². The van der Waals surface area contributed by atoms with Crippen LogP contribution in [0.25, 0.3) is 0 Å². The molecule has 0 aliphatic carbocycles. The van der Waals surface area contributed by atoms with Gasteiger partial charge in [0.2, 0.25) is 5.91 Å². The van der Waals surface area contributed by atoms with Gasteiger partial charge in [-0.15, -0.1) is 0 Å². The molecule has 1 aromatic heterocycles. The molecule has 0 radical (unpaired) electrons. The SMILES string of the molecule is Cn1ncc(N2CCN(C(=O)[C@H]3CCOc4ccccc4C3)CC2)cc1=O. The van der Waals surface area contributed by atoms with Gasteiger partial charge in [0.15, 0.2) is 0 Å². The average Bonchev–Trinajstić information content (AvgIpc) is 2.92. The van der Waals surface area contributed by atoms with Crippen LogP contribution in [0.3, 0.4) is 0 Å². The van der Waals surface area contributed by atoms with Crippen LogP contribution in [0, 0.1) is 5.92 Å². The van der Waals surface area contributed by atoms with Crippen LogP contribution in [0.15, 0.2) is 41.3 Å². The van der Waals surface area contributed by atoms with Gasteiger partial charge >= 0.3 is 0 Å². The highest BCUT2D eigenvalue weighted by Crippen LogP contribution is 2.28. The first kappa shape index (κ1) is 17.6. The minimum absolute atomic E-state index is 0.0362. The van der Waals surface area contributed by atoms with Crippen molar-refractivity contribution in [3.8, 4) is 5.75 Å². The Bertz CT molecular complexity index is 887. The van der Waals surface area contributed by atoms with Gasteiger partial charge in [-0.1, -0.05) is 18.2 Å². The van der Waals surface area contributed by atoms with Gasteiger partial charge in [-0.25, -0.2) is 4.68 Å². The summed E-state index contributed by atoms with van der Waals surface area (Å²) in [6.45, 7) is 3.31. The Morgan fingerprint density at radius 1 is 1.19 bits per heavy atom. The molecule has 1 amide bonds. The van der Waals surface area contributed by atoms with Crippen molar-refractivity contribution >= 4 is 11.6 Å². The van der Waals surface area contributed by atoms with Crippen LogP contribution in [0.4, 0.5) is 5.69 Å². The number of nitrogens with zero attached hydrogens (tertiary/aromatic N) is 4. The monoisotopic (exact) mass is 368 g/mol. The molecule has 1 fully saturated rings. The lowest BCUT2D eigenvalue weighted by molar-refractivity contribution is -0.136. The summed E-state index contributed by atoms with van der Waals surface area (Å²) in [5.41, 5.74) is 1.81. The average molecular weight is 368 g/mol. The van der Waals surface area contributed by atoms with Crippen LogP contribution in [0.1, 0.15) is 12.0 Å². The number of carbonyl (C=O) groups excluding carboxylic acids is 1. The Balaban J connectivity index is 1.40. The number of para-hydroxylation sites is 1. The number of aryl methyl sites for hydroxylation is 1. The van der Waals surface area contributed by atoms with E-state index in [1.807, 2.05) is 29.2 Å². The van der Waals surface area contributed by atoms with Crippen molar-refractivity contribution in [3.63, 3.8) is 0 Å². The fourth-order valence-corrected chi connectivity index (χ4v) is 3.78. The number of benzene rings is 1. The maximum atomic E-state index is 13.0. The number of amides is 1. The molecule has 1 saturated heterocycles. The molecule has 2 aliphatic heterocycles. The summed E-state index contributed by atoms with van der Waals surface area (Å²) in [5.74, 6) is 1.07. The Kier molecular flexibility index (Phi) is 4.83. The number of hydrogen-bond donors (Lipinski definition) is 0. The van der Waals surface area contributed by atoms with Gasteiger partial charge in [-0.3, -0.25) is 9.59 Å². The minimum Gasteiger partial charge on any atom is -0.493 e. The van der Waals surface area contributed by atoms with Gasteiger partial charge in [0.25, 0.3) is 5.56 Å². The van der Waals surface area contributed by atoms with Gasteiger partial charge in [-0.2, -0.15) is 5.10 Å². The highest BCUT2D eigenvalue weighted by atomic mass is 16.5. The third-order valence-electron chi connectivity index (χ3n) is 5.42. The third-order valence-corrected chi connectivity index (χ3v) is 5.42. The molecule has 142 valence electrons. The van der Waals surface area contributed by atoms with Crippen molar-refractivity contribution < 1.29 is 9.53 Å². The Hall–Kier alpha value is -2.83. The molecule has 7 nitrogen and oxygen atoms in total. The molecule has 7 heteroatoms. The topological polar surface area (TPSA) is 67.7 Å². The second-order valence-electron chi connectivity index (χ2n) is 7.13. The maximum Gasteiger partial charge on any atom is 0.268 e. The van der Waals surface area contributed by atoms with Crippen molar-refractivity contribution in [2.45, 2.75) is 12.8 Å². The zero-order valence-electron chi connectivity index (χ0n) is 15.5. The molecule has 2 aliphatic rings. The Morgan fingerprint density at radius 3 is 2.74 bits per heavy atom. The molecular formula is C20H24N4O3. The molecule has 0 bridgehead atoms. The third kappa shape index (κ3) is 3.67. The molecule has 1 aromatic carbocycles. The van der Waals surface area contributed by atoms with E-state index < -0.39 is 0 Å². The fraction of sp³-hybridized carbons (Fsp3) is 0.450. The largest absolute Gasteiger partial charge is 0.493 e. The van der Waals surface area contributed by atoms with Crippen molar-refractivity contribution in [2.75, 3.05) is 37.7 Å². The Morgan fingerprint density at radius 2 is 1.96 bits per heavy atom. The van der Waals surface area contributed by atoms with Crippen molar-refractivity contribution in [2.24, 2.45) is 13.0 Å². The summed E-state index contributed by atoms with van der Waals surface area (Å²) >= 11 is 0. The van der Waals surface area contributed by atoms with Crippen molar-refractivity contribution in [3.05, 3.63) is 52.4 Å². The summed E-state index contributed by atoms with van der Waals surface area (Å²) in [7, 11) is 1.64. The summed E-state index contributed by atoms with van der Waals surface area (Å²) in [5, 5.41) is 4.08. The standard InChI is InChI=1S/C20H24N4O3/c1-22-19(25)13-17(14-21-22)23-7-9-24(10-8-23)20(26)16-6-11-27-18-5-3-2-4-15(18)12-16/h2-5,13-14,16H,6-12H2,1H3/t16-/m0/s1. The molecule has 1 atom stereocenters. The van der Waals surface area contributed by atoms with E-state index in [9.17, 15) is 9.59 Å². The quantitative estimate of drug-likeness (QED) is 0.793. The summed E-state index contributed by atoms with van der Waals surface area (Å²) in [4.78, 5) is 28.9. The molecule has 2 aromatic rings. The van der Waals surface area contributed by atoms with Crippen LogP contribution in [-0.4, -0.2) is 53.4 Å². The number of fused-ring (bicyclic) bond motifs is 1. The number of carbonyl (C=O) groups is 1. The zero-order chi connectivity index (χ0) is 18.8. The lowest BCUT2D eigenvalue weighted by Gasteiger charge is -2.37. The predicted molar refractivity (Wildman–Crippen MR) is 102 cm³/mol. The fourth-order valence-electron chi connectivity index (χ4n) is 3.78. The molecule has 0 N–H and O–H groups in total. The summed E-state index contributed by atoms with van der Waals surface area (Å²) in [6.07, 6.45) is 3.18. The van der Waals surface area contributed by atoms with Crippen LogP contribution in [-0.2, 0) is 18.3 Å². The highest BCUT2D eigenvalue weighted by molar-refractivity contribution is 5.79. The van der Waals surface area contributed by atoms with Crippen LogP contribution in [0.5, 0.6) is 5.75 Å².